The molecule has 0 aromatic carbocycles. The van der Waals surface area contributed by atoms with Crippen molar-refractivity contribution in [3.63, 3.8) is 0 Å². The molecule has 1 aliphatic carbocycles. The van der Waals surface area contributed by atoms with Gasteiger partial charge in [0.15, 0.2) is 0 Å². The van der Waals surface area contributed by atoms with Crippen LogP contribution in [0.2, 0.25) is 0 Å². The highest BCUT2D eigenvalue weighted by Crippen LogP contribution is 2.31. The van der Waals surface area contributed by atoms with Gasteiger partial charge in [0.05, 0.1) is 0 Å². The summed E-state index contributed by atoms with van der Waals surface area (Å²) in [4.78, 5) is 22.4. The van der Waals surface area contributed by atoms with Gasteiger partial charge >= 0.3 is 12.1 Å². The summed E-state index contributed by atoms with van der Waals surface area (Å²) in [5, 5.41) is 11.7. The molecule has 110 valence electrons. The summed E-state index contributed by atoms with van der Waals surface area (Å²) in [6.07, 6.45) is 3.88. The summed E-state index contributed by atoms with van der Waals surface area (Å²) in [5.74, 6) is -0.340. The first-order valence-corrected chi connectivity index (χ1v) is 6.96. The largest absolute Gasteiger partial charge is 0.481 e. The van der Waals surface area contributed by atoms with Crippen LogP contribution in [0.15, 0.2) is 0 Å². The van der Waals surface area contributed by atoms with Gasteiger partial charge in [-0.15, -0.1) is 0 Å². The Bertz CT molecular complexity index is 322. The Morgan fingerprint density at radius 1 is 1.21 bits per heavy atom. The van der Waals surface area contributed by atoms with Crippen LogP contribution in [0.4, 0.5) is 4.79 Å². The van der Waals surface area contributed by atoms with E-state index >= 15 is 0 Å². The average Bonchev–Trinajstić information content (AvgIpc) is 2.24. The minimum atomic E-state index is -0.755. The number of carbonyl (C=O) groups excluding carboxylic acids is 1. The number of hydrogen-bond acceptors (Lipinski definition) is 3. The molecule has 0 heterocycles. The molecule has 0 aliphatic heterocycles. The summed E-state index contributed by atoms with van der Waals surface area (Å²) in [7, 11) is 0. The summed E-state index contributed by atoms with van der Waals surface area (Å²) >= 11 is 0. The monoisotopic (exact) mass is 271 g/mol. The van der Waals surface area contributed by atoms with Crippen LogP contribution >= 0.6 is 0 Å². The number of nitrogens with one attached hydrogen (secondary N) is 1. The molecule has 2 atom stereocenters. The summed E-state index contributed by atoms with van der Waals surface area (Å²) in [5.41, 5.74) is -0.503. The number of alkyl carbamates (subject to hydrolysis) is 1. The van der Waals surface area contributed by atoms with Crippen molar-refractivity contribution in [2.24, 2.45) is 11.8 Å². The van der Waals surface area contributed by atoms with Gasteiger partial charge in [0.2, 0.25) is 0 Å². The summed E-state index contributed by atoms with van der Waals surface area (Å²) in [6.45, 7) is 5.97. The van der Waals surface area contributed by atoms with E-state index in [1.807, 2.05) is 20.8 Å². The Balaban J connectivity index is 2.40. The van der Waals surface area contributed by atoms with E-state index in [1.165, 1.54) is 0 Å². The first kappa shape index (κ1) is 15.8. The van der Waals surface area contributed by atoms with Crippen molar-refractivity contribution in [3.05, 3.63) is 0 Å². The van der Waals surface area contributed by atoms with Crippen molar-refractivity contribution in [1.82, 2.24) is 5.32 Å². The quantitative estimate of drug-likeness (QED) is 0.824. The van der Waals surface area contributed by atoms with Crippen LogP contribution in [0.1, 0.15) is 52.9 Å². The molecule has 0 spiro atoms. The van der Waals surface area contributed by atoms with Gasteiger partial charge in [-0.1, -0.05) is 12.8 Å². The van der Waals surface area contributed by atoms with Gasteiger partial charge in [0.25, 0.3) is 0 Å². The first-order chi connectivity index (χ1) is 8.78. The van der Waals surface area contributed by atoms with Crippen molar-refractivity contribution in [2.75, 3.05) is 6.54 Å². The molecule has 1 aliphatic rings. The molecule has 1 fully saturated rings. The van der Waals surface area contributed by atoms with E-state index in [0.29, 0.717) is 6.54 Å². The summed E-state index contributed by atoms with van der Waals surface area (Å²) in [6, 6.07) is 0. The number of aliphatic carboxylic acids is 1. The van der Waals surface area contributed by atoms with Crippen molar-refractivity contribution in [3.8, 4) is 0 Å². The summed E-state index contributed by atoms with van der Waals surface area (Å²) < 4.78 is 5.18. The lowest BCUT2D eigenvalue weighted by Gasteiger charge is -2.31. The fraction of sp³-hybridized carbons (Fsp3) is 0.857. The van der Waals surface area contributed by atoms with Gasteiger partial charge in [-0.05, 0) is 45.4 Å². The lowest BCUT2D eigenvalue weighted by molar-refractivity contribution is -0.138. The smallest absolute Gasteiger partial charge is 0.407 e. The zero-order chi connectivity index (χ0) is 14.5. The normalized spacial score (nSPS) is 23.7. The SMILES string of the molecule is CC(C)(C)OC(=O)NCC1CCCCC1CC(=O)O. The number of carbonyl (C=O) groups is 2. The number of hydrogen-bond donors (Lipinski definition) is 2. The maximum atomic E-state index is 11.6. The molecular formula is C14H25NO4. The zero-order valence-corrected chi connectivity index (χ0v) is 12.1. The predicted octanol–water partition coefficient (Wildman–Crippen LogP) is 2.79. The van der Waals surface area contributed by atoms with Crippen molar-refractivity contribution < 1.29 is 19.4 Å². The van der Waals surface area contributed by atoms with Crippen molar-refractivity contribution in [1.29, 1.82) is 0 Å². The van der Waals surface area contributed by atoms with Crippen LogP contribution in [0, 0.1) is 11.8 Å². The van der Waals surface area contributed by atoms with Crippen LogP contribution in [0.3, 0.4) is 0 Å². The van der Waals surface area contributed by atoms with Crippen LogP contribution in [-0.4, -0.2) is 29.3 Å². The molecule has 1 amide bonds. The Hall–Kier alpha value is -1.26. The fourth-order valence-corrected chi connectivity index (χ4v) is 2.57. The Labute approximate surface area is 114 Å². The maximum absolute atomic E-state index is 11.6. The van der Waals surface area contributed by atoms with Gasteiger partial charge in [-0.2, -0.15) is 0 Å². The second kappa shape index (κ2) is 6.78. The van der Waals surface area contributed by atoms with Crippen LogP contribution < -0.4 is 5.32 Å². The average molecular weight is 271 g/mol. The molecule has 0 radical (unpaired) electrons. The zero-order valence-electron chi connectivity index (χ0n) is 12.1. The number of carboxylic acids is 1. The highest BCUT2D eigenvalue weighted by atomic mass is 16.6. The molecule has 0 aromatic heterocycles. The van der Waals surface area contributed by atoms with Gasteiger partial charge in [-0.25, -0.2) is 4.79 Å². The molecule has 5 nitrogen and oxygen atoms in total. The number of amides is 1. The molecule has 0 saturated heterocycles. The van der Waals surface area contributed by atoms with E-state index in [9.17, 15) is 9.59 Å². The van der Waals surface area contributed by atoms with E-state index in [2.05, 4.69) is 5.32 Å². The minimum Gasteiger partial charge on any atom is -0.481 e. The molecule has 2 N–H and O–H groups in total. The molecule has 1 rings (SSSR count). The molecule has 1 saturated carbocycles. The molecule has 0 bridgehead atoms. The number of carboxylic acid groups (broad SMARTS) is 1. The third kappa shape index (κ3) is 6.45. The Kier molecular flexibility index (Phi) is 5.63. The first-order valence-electron chi connectivity index (χ1n) is 6.96. The Morgan fingerprint density at radius 3 is 2.32 bits per heavy atom. The van der Waals surface area contributed by atoms with Crippen LogP contribution in [-0.2, 0) is 9.53 Å². The van der Waals surface area contributed by atoms with E-state index in [4.69, 9.17) is 9.84 Å². The van der Waals surface area contributed by atoms with E-state index in [0.717, 1.165) is 25.7 Å². The molecule has 5 heteroatoms. The van der Waals surface area contributed by atoms with E-state index in [-0.39, 0.29) is 18.3 Å². The van der Waals surface area contributed by atoms with Gasteiger partial charge in [0.1, 0.15) is 5.60 Å². The minimum absolute atomic E-state index is 0.168. The number of rotatable bonds is 4. The van der Waals surface area contributed by atoms with Crippen molar-refractivity contribution in [2.45, 2.75) is 58.5 Å². The standard InChI is InChI=1S/C14H25NO4/c1-14(2,3)19-13(18)15-9-11-7-5-4-6-10(11)8-12(16)17/h10-11H,4-9H2,1-3H3,(H,15,18)(H,16,17). The second-order valence-electron chi connectivity index (χ2n) is 6.29. The lowest BCUT2D eigenvalue weighted by atomic mass is 9.77. The van der Waals surface area contributed by atoms with Gasteiger partial charge in [0, 0.05) is 13.0 Å². The Morgan fingerprint density at radius 2 is 1.79 bits per heavy atom. The maximum Gasteiger partial charge on any atom is 0.407 e. The van der Waals surface area contributed by atoms with E-state index < -0.39 is 17.7 Å². The highest BCUT2D eigenvalue weighted by Gasteiger charge is 2.27. The molecular weight excluding hydrogens is 246 g/mol. The van der Waals surface area contributed by atoms with Gasteiger partial charge in [-0.3, -0.25) is 4.79 Å². The topological polar surface area (TPSA) is 75.6 Å². The van der Waals surface area contributed by atoms with Crippen LogP contribution in [0.25, 0.3) is 0 Å². The third-order valence-corrected chi connectivity index (χ3v) is 3.41. The fourth-order valence-electron chi connectivity index (χ4n) is 2.57. The predicted molar refractivity (Wildman–Crippen MR) is 71.9 cm³/mol. The number of ether oxygens (including phenoxy) is 1. The highest BCUT2D eigenvalue weighted by molar-refractivity contribution is 5.68. The molecule has 2 unspecified atom stereocenters. The second-order valence-corrected chi connectivity index (χ2v) is 6.29. The molecule has 19 heavy (non-hydrogen) atoms. The van der Waals surface area contributed by atoms with Crippen LogP contribution in [0.5, 0.6) is 0 Å². The van der Waals surface area contributed by atoms with Crippen molar-refractivity contribution >= 4 is 12.1 Å². The van der Waals surface area contributed by atoms with Gasteiger partial charge < -0.3 is 15.2 Å². The molecule has 0 aromatic rings. The third-order valence-electron chi connectivity index (χ3n) is 3.41. The lowest BCUT2D eigenvalue weighted by Crippen LogP contribution is -2.38. The van der Waals surface area contributed by atoms with E-state index in [1.54, 1.807) is 0 Å².